The van der Waals surface area contributed by atoms with Crippen molar-refractivity contribution in [1.29, 1.82) is 0 Å². The van der Waals surface area contributed by atoms with Crippen molar-refractivity contribution in [3.05, 3.63) is 65.3 Å². The van der Waals surface area contributed by atoms with Crippen LogP contribution in [0.1, 0.15) is 12.1 Å². The Labute approximate surface area is 133 Å². The van der Waals surface area contributed by atoms with Gasteiger partial charge in [0.1, 0.15) is 11.3 Å². The quantitative estimate of drug-likeness (QED) is 0.694. The van der Waals surface area contributed by atoms with E-state index in [1.165, 1.54) is 0 Å². The first-order valence-corrected chi connectivity index (χ1v) is 7.46. The molecule has 0 aliphatic carbocycles. The highest BCUT2D eigenvalue weighted by atomic mass is 35.5. The largest absolute Gasteiger partial charge is 0.506 e. The summed E-state index contributed by atoms with van der Waals surface area (Å²) in [5.74, 6) is 0.217. The van der Waals surface area contributed by atoms with Crippen molar-refractivity contribution in [2.45, 2.75) is 12.8 Å². The van der Waals surface area contributed by atoms with Crippen molar-refractivity contribution in [2.75, 3.05) is 0 Å². The molecule has 0 saturated heterocycles. The molecular formula is C18H15ClN2O. The Morgan fingerprint density at radius 1 is 1.05 bits per heavy atom. The molecule has 2 aromatic carbocycles. The number of halogens is 1. The van der Waals surface area contributed by atoms with E-state index in [-0.39, 0.29) is 5.75 Å². The first kappa shape index (κ1) is 14.5. The standard InChI is InChI=1S/C18H15ClN2O/c19-14-7-10-15(11-8-14)20-12-2-4-16-9-6-13-3-1-5-17(22)18(13)21-16/h1,3,5-12,22H,2,4H2. The molecule has 22 heavy (non-hydrogen) atoms. The van der Waals surface area contributed by atoms with E-state index in [0.717, 1.165) is 29.6 Å². The number of nitrogens with zero attached hydrogens (tertiary/aromatic N) is 2. The number of aromatic nitrogens is 1. The van der Waals surface area contributed by atoms with Gasteiger partial charge in [0, 0.05) is 22.3 Å². The van der Waals surface area contributed by atoms with Crippen molar-refractivity contribution in [2.24, 2.45) is 4.99 Å². The SMILES string of the molecule is Oc1cccc2ccc(CCC=Nc3ccc(Cl)cc3)nc12. The van der Waals surface area contributed by atoms with Crippen LogP contribution >= 0.6 is 11.6 Å². The van der Waals surface area contributed by atoms with Gasteiger partial charge in [-0.25, -0.2) is 4.98 Å². The van der Waals surface area contributed by atoms with Crippen LogP contribution in [0.15, 0.2) is 59.6 Å². The molecule has 3 rings (SSSR count). The van der Waals surface area contributed by atoms with E-state index in [4.69, 9.17) is 11.6 Å². The van der Waals surface area contributed by atoms with Crippen molar-refractivity contribution in [1.82, 2.24) is 4.98 Å². The summed E-state index contributed by atoms with van der Waals surface area (Å²) >= 11 is 5.83. The molecular weight excluding hydrogens is 296 g/mol. The molecule has 0 atom stereocenters. The van der Waals surface area contributed by atoms with Crippen LogP contribution in [0.5, 0.6) is 5.75 Å². The van der Waals surface area contributed by atoms with Gasteiger partial charge < -0.3 is 5.11 Å². The average Bonchev–Trinajstić information content (AvgIpc) is 2.54. The third kappa shape index (κ3) is 3.43. The number of aliphatic imine (C=N–C) groups is 1. The number of hydrogen-bond acceptors (Lipinski definition) is 3. The minimum absolute atomic E-state index is 0.217. The highest BCUT2D eigenvalue weighted by Crippen LogP contribution is 2.22. The van der Waals surface area contributed by atoms with E-state index < -0.39 is 0 Å². The zero-order valence-electron chi connectivity index (χ0n) is 11.9. The van der Waals surface area contributed by atoms with Crippen LogP contribution in [0.3, 0.4) is 0 Å². The minimum Gasteiger partial charge on any atom is -0.506 e. The summed E-state index contributed by atoms with van der Waals surface area (Å²) in [6.45, 7) is 0. The van der Waals surface area contributed by atoms with E-state index in [1.807, 2.05) is 54.7 Å². The van der Waals surface area contributed by atoms with Gasteiger partial charge in [-0.2, -0.15) is 0 Å². The zero-order chi connectivity index (χ0) is 15.4. The zero-order valence-corrected chi connectivity index (χ0v) is 12.7. The number of benzene rings is 2. The number of aromatic hydroxyl groups is 1. The normalized spacial score (nSPS) is 11.3. The van der Waals surface area contributed by atoms with Crippen molar-refractivity contribution < 1.29 is 5.11 Å². The summed E-state index contributed by atoms with van der Waals surface area (Å²) < 4.78 is 0. The maximum atomic E-state index is 9.84. The van der Waals surface area contributed by atoms with Crippen LogP contribution < -0.4 is 0 Å². The van der Waals surface area contributed by atoms with Crippen molar-refractivity contribution in [3.8, 4) is 5.75 Å². The van der Waals surface area contributed by atoms with E-state index in [9.17, 15) is 5.11 Å². The van der Waals surface area contributed by atoms with E-state index in [1.54, 1.807) is 6.07 Å². The van der Waals surface area contributed by atoms with Gasteiger partial charge in [-0.15, -0.1) is 0 Å². The molecule has 0 unspecified atom stereocenters. The summed E-state index contributed by atoms with van der Waals surface area (Å²) in [5, 5.41) is 11.5. The van der Waals surface area contributed by atoms with Crippen molar-refractivity contribution in [3.63, 3.8) is 0 Å². The fourth-order valence-electron chi connectivity index (χ4n) is 2.22. The average molecular weight is 311 g/mol. The van der Waals surface area contributed by atoms with Gasteiger partial charge in [-0.1, -0.05) is 29.8 Å². The minimum atomic E-state index is 0.217. The van der Waals surface area contributed by atoms with Crippen LogP contribution in [0.4, 0.5) is 5.69 Å². The number of phenolic OH excluding ortho intramolecular Hbond substituents is 1. The molecule has 0 bridgehead atoms. The lowest BCUT2D eigenvalue weighted by Crippen LogP contribution is -1.91. The Hall–Kier alpha value is -2.39. The number of phenols is 1. The number of hydrogen-bond donors (Lipinski definition) is 1. The molecule has 3 nitrogen and oxygen atoms in total. The molecule has 3 aromatic rings. The molecule has 0 aliphatic heterocycles. The predicted molar refractivity (Wildman–Crippen MR) is 91.3 cm³/mol. The van der Waals surface area contributed by atoms with Crippen LogP contribution in [0.2, 0.25) is 5.02 Å². The fourth-order valence-corrected chi connectivity index (χ4v) is 2.35. The Balaban J connectivity index is 1.66. The summed E-state index contributed by atoms with van der Waals surface area (Å²) in [7, 11) is 0. The third-order valence-electron chi connectivity index (χ3n) is 3.35. The number of fused-ring (bicyclic) bond motifs is 1. The maximum absolute atomic E-state index is 9.84. The fraction of sp³-hybridized carbons (Fsp3) is 0.111. The molecule has 1 aromatic heterocycles. The Kier molecular flexibility index (Phi) is 4.35. The Morgan fingerprint density at radius 3 is 2.68 bits per heavy atom. The molecule has 0 aliphatic rings. The number of pyridine rings is 1. The summed E-state index contributed by atoms with van der Waals surface area (Å²) in [6, 6.07) is 16.8. The van der Waals surface area contributed by atoms with Gasteiger partial charge in [0.15, 0.2) is 0 Å². The first-order valence-electron chi connectivity index (χ1n) is 7.08. The molecule has 0 amide bonds. The summed E-state index contributed by atoms with van der Waals surface area (Å²) in [4.78, 5) is 8.88. The molecule has 0 radical (unpaired) electrons. The third-order valence-corrected chi connectivity index (χ3v) is 3.61. The topological polar surface area (TPSA) is 45.5 Å². The smallest absolute Gasteiger partial charge is 0.141 e. The molecule has 4 heteroatoms. The van der Waals surface area contributed by atoms with Crippen LogP contribution in [0.25, 0.3) is 10.9 Å². The van der Waals surface area contributed by atoms with Crippen LogP contribution in [-0.2, 0) is 6.42 Å². The first-order chi connectivity index (χ1) is 10.7. The lowest BCUT2D eigenvalue weighted by Gasteiger charge is -2.03. The van der Waals surface area contributed by atoms with E-state index in [0.29, 0.717) is 10.5 Å². The molecule has 1 heterocycles. The molecule has 1 N–H and O–H groups in total. The summed E-state index contributed by atoms with van der Waals surface area (Å²) in [5.41, 5.74) is 2.47. The van der Waals surface area contributed by atoms with Gasteiger partial charge in [-0.05, 0) is 49.2 Å². The molecule has 110 valence electrons. The second kappa shape index (κ2) is 6.58. The predicted octanol–water partition coefficient (Wildman–Crippen LogP) is 4.93. The van der Waals surface area contributed by atoms with E-state index >= 15 is 0 Å². The molecule has 0 saturated carbocycles. The lowest BCUT2D eigenvalue weighted by atomic mass is 10.1. The lowest BCUT2D eigenvalue weighted by molar-refractivity contribution is 0.480. The van der Waals surface area contributed by atoms with Gasteiger partial charge in [0.25, 0.3) is 0 Å². The van der Waals surface area contributed by atoms with Crippen molar-refractivity contribution >= 4 is 34.4 Å². The van der Waals surface area contributed by atoms with Crippen LogP contribution in [-0.4, -0.2) is 16.3 Å². The maximum Gasteiger partial charge on any atom is 0.141 e. The highest BCUT2D eigenvalue weighted by Gasteiger charge is 2.02. The number of para-hydroxylation sites is 1. The molecule has 0 fully saturated rings. The Bertz CT molecular complexity index is 813. The monoisotopic (exact) mass is 310 g/mol. The number of aryl methyl sites for hydroxylation is 1. The van der Waals surface area contributed by atoms with Crippen LogP contribution in [0, 0.1) is 0 Å². The summed E-state index contributed by atoms with van der Waals surface area (Å²) in [6.07, 6.45) is 3.44. The van der Waals surface area contributed by atoms with Gasteiger partial charge in [0.2, 0.25) is 0 Å². The second-order valence-electron chi connectivity index (χ2n) is 4.98. The highest BCUT2D eigenvalue weighted by molar-refractivity contribution is 6.30. The van der Waals surface area contributed by atoms with Gasteiger partial charge >= 0.3 is 0 Å². The van der Waals surface area contributed by atoms with E-state index in [2.05, 4.69) is 9.98 Å². The van der Waals surface area contributed by atoms with Gasteiger partial charge in [0.05, 0.1) is 5.69 Å². The molecule has 0 spiro atoms. The Morgan fingerprint density at radius 2 is 1.86 bits per heavy atom. The van der Waals surface area contributed by atoms with Gasteiger partial charge in [-0.3, -0.25) is 4.99 Å². The second-order valence-corrected chi connectivity index (χ2v) is 5.41. The number of rotatable bonds is 4.